The molecule has 0 radical (unpaired) electrons. The van der Waals surface area contributed by atoms with Crippen molar-refractivity contribution in [2.24, 2.45) is 0 Å². The number of aromatic amines is 1. The van der Waals surface area contributed by atoms with Crippen molar-refractivity contribution in [2.45, 2.75) is 25.7 Å². The van der Waals surface area contributed by atoms with Gasteiger partial charge in [-0.2, -0.15) is 0 Å². The Hall–Kier alpha value is -3.14. The number of aromatic nitrogens is 1. The first-order valence-corrected chi connectivity index (χ1v) is 10.6. The zero-order valence-electron chi connectivity index (χ0n) is 16.5. The third-order valence-corrected chi connectivity index (χ3v) is 5.15. The van der Waals surface area contributed by atoms with Gasteiger partial charge in [0, 0.05) is 17.6 Å². The Morgan fingerprint density at radius 1 is 1.03 bits per heavy atom. The van der Waals surface area contributed by atoms with Crippen molar-refractivity contribution < 1.29 is 32.3 Å². The fourth-order valence-electron chi connectivity index (χ4n) is 2.65. The summed E-state index contributed by atoms with van der Waals surface area (Å²) in [6.45, 7) is 4.53. The molecule has 0 fully saturated rings. The number of esters is 2. The van der Waals surface area contributed by atoms with Gasteiger partial charge in [0.25, 0.3) is 5.91 Å². The van der Waals surface area contributed by atoms with Crippen LogP contribution in [0.3, 0.4) is 0 Å². The molecule has 10 heteroatoms. The molecule has 0 aliphatic carbocycles. The number of sulfone groups is 1. The summed E-state index contributed by atoms with van der Waals surface area (Å²) in [5, 5.41) is 2.50. The SMILES string of the molecule is CCOC(=O)c1c(C)[nH]c(C(=O)OCC(=O)Nc2ccc(S(C)(=O)=O)cc2)c1C. The highest BCUT2D eigenvalue weighted by molar-refractivity contribution is 7.90. The van der Waals surface area contributed by atoms with Crippen molar-refractivity contribution in [3.05, 3.63) is 46.8 Å². The highest BCUT2D eigenvalue weighted by Crippen LogP contribution is 2.20. The average molecular weight is 422 g/mol. The molecule has 2 N–H and O–H groups in total. The van der Waals surface area contributed by atoms with Crippen LogP contribution in [0.4, 0.5) is 5.69 Å². The maximum Gasteiger partial charge on any atom is 0.355 e. The minimum Gasteiger partial charge on any atom is -0.462 e. The Morgan fingerprint density at radius 2 is 1.66 bits per heavy atom. The number of hydrogen-bond acceptors (Lipinski definition) is 7. The van der Waals surface area contributed by atoms with Gasteiger partial charge in [0.05, 0.1) is 17.1 Å². The Balaban J connectivity index is 1.99. The van der Waals surface area contributed by atoms with Crippen molar-refractivity contribution in [1.82, 2.24) is 4.98 Å². The van der Waals surface area contributed by atoms with Crippen LogP contribution in [0.1, 0.15) is 39.0 Å². The van der Waals surface area contributed by atoms with Crippen LogP contribution in [-0.4, -0.2) is 50.7 Å². The van der Waals surface area contributed by atoms with E-state index in [2.05, 4.69) is 10.3 Å². The van der Waals surface area contributed by atoms with Crippen LogP contribution < -0.4 is 5.32 Å². The van der Waals surface area contributed by atoms with Gasteiger partial charge >= 0.3 is 11.9 Å². The van der Waals surface area contributed by atoms with Crippen molar-refractivity contribution in [3.8, 4) is 0 Å². The molecular weight excluding hydrogens is 400 g/mol. The number of hydrogen-bond donors (Lipinski definition) is 2. The smallest absolute Gasteiger partial charge is 0.355 e. The standard InChI is InChI=1S/C19H22N2O7S/c1-5-27-18(23)16-11(2)17(20-12(16)3)19(24)28-10-15(22)21-13-6-8-14(9-7-13)29(4,25)26/h6-9,20H,5,10H2,1-4H3,(H,21,22). The Bertz CT molecular complexity index is 1040. The largest absolute Gasteiger partial charge is 0.462 e. The second-order valence-electron chi connectivity index (χ2n) is 6.27. The van der Waals surface area contributed by atoms with Gasteiger partial charge in [0.2, 0.25) is 0 Å². The summed E-state index contributed by atoms with van der Waals surface area (Å²) >= 11 is 0. The van der Waals surface area contributed by atoms with Crippen LogP contribution in [0.15, 0.2) is 29.2 Å². The molecular formula is C19H22N2O7S. The molecule has 0 saturated carbocycles. The van der Waals surface area contributed by atoms with Gasteiger partial charge in [-0.15, -0.1) is 0 Å². The zero-order chi connectivity index (χ0) is 21.8. The number of aryl methyl sites for hydroxylation is 1. The number of rotatable bonds is 7. The van der Waals surface area contributed by atoms with Crippen LogP contribution in [0.5, 0.6) is 0 Å². The summed E-state index contributed by atoms with van der Waals surface area (Å²) in [6, 6.07) is 5.58. The van der Waals surface area contributed by atoms with Crippen LogP contribution >= 0.6 is 0 Å². The quantitative estimate of drug-likeness (QED) is 0.652. The molecule has 0 atom stereocenters. The molecule has 9 nitrogen and oxygen atoms in total. The van der Waals surface area contributed by atoms with Crippen molar-refractivity contribution in [3.63, 3.8) is 0 Å². The van der Waals surface area contributed by atoms with E-state index in [0.29, 0.717) is 16.9 Å². The average Bonchev–Trinajstić information content (AvgIpc) is 2.94. The van der Waals surface area contributed by atoms with E-state index >= 15 is 0 Å². The number of benzene rings is 1. The van der Waals surface area contributed by atoms with E-state index < -0.39 is 34.3 Å². The van der Waals surface area contributed by atoms with E-state index in [9.17, 15) is 22.8 Å². The number of carbonyl (C=O) groups excluding carboxylic acids is 3. The van der Waals surface area contributed by atoms with Crippen LogP contribution in [0.2, 0.25) is 0 Å². The Kier molecular flexibility index (Phi) is 6.80. The molecule has 1 aromatic carbocycles. The highest BCUT2D eigenvalue weighted by atomic mass is 32.2. The summed E-state index contributed by atoms with van der Waals surface area (Å²) in [6.07, 6.45) is 1.08. The van der Waals surface area contributed by atoms with Gasteiger partial charge in [-0.3, -0.25) is 4.79 Å². The molecule has 0 spiro atoms. The lowest BCUT2D eigenvalue weighted by Crippen LogP contribution is -2.21. The van der Waals surface area contributed by atoms with E-state index in [-0.39, 0.29) is 22.8 Å². The molecule has 1 aromatic heterocycles. The number of H-pyrrole nitrogens is 1. The Morgan fingerprint density at radius 3 is 2.21 bits per heavy atom. The van der Waals surface area contributed by atoms with Gasteiger partial charge in [0.1, 0.15) is 5.69 Å². The lowest BCUT2D eigenvalue weighted by molar-refractivity contribution is -0.119. The van der Waals surface area contributed by atoms with Crippen molar-refractivity contribution in [1.29, 1.82) is 0 Å². The molecule has 0 aliphatic rings. The van der Waals surface area contributed by atoms with E-state index in [1.54, 1.807) is 20.8 Å². The summed E-state index contributed by atoms with van der Waals surface area (Å²) in [5.74, 6) is -1.94. The van der Waals surface area contributed by atoms with Crippen LogP contribution in [0, 0.1) is 13.8 Å². The first-order chi connectivity index (χ1) is 13.5. The predicted octanol–water partition coefficient (Wildman–Crippen LogP) is 2.01. The molecule has 1 amide bonds. The third-order valence-electron chi connectivity index (χ3n) is 4.02. The lowest BCUT2D eigenvalue weighted by Gasteiger charge is -2.07. The summed E-state index contributed by atoms with van der Waals surface area (Å²) in [4.78, 5) is 39.1. The summed E-state index contributed by atoms with van der Waals surface area (Å²) < 4.78 is 32.8. The molecule has 2 rings (SSSR count). The van der Waals surface area contributed by atoms with Gasteiger partial charge in [-0.1, -0.05) is 0 Å². The lowest BCUT2D eigenvalue weighted by atomic mass is 10.1. The molecule has 0 aliphatic heterocycles. The van der Waals surface area contributed by atoms with E-state index in [4.69, 9.17) is 9.47 Å². The molecule has 1 heterocycles. The number of anilines is 1. The van der Waals surface area contributed by atoms with Crippen LogP contribution in [-0.2, 0) is 24.1 Å². The topological polar surface area (TPSA) is 132 Å². The third kappa shape index (κ3) is 5.44. The highest BCUT2D eigenvalue weighted by Gasteiger charge is 2.24. The van der Waals surface area contributed by atoms with E-state index in [1.807, 2.05) is 0 Å². The second kappa shape index (κ2) is 8.91. The van der Waals surface area contributed by atoms with Crippen molar-refractivity contribution in [2.75, 3.05) is 24.8 Å². The Labute approximate surface area is 168 Å². The summed E-state index contributed by atoms with van der Waals surface area (Å²) in [5.41, 5.74) is 1.52. The fraction of sp³-hybridized carbons (Fsp3) is 0.316. The maximum absolute atomic E-state index is 12.3. The maximum atomic E-state index is 12.3. The monoisotopic (exact) mass is 422 g/mol. The van der Waals surface area contributed by atoms with Gasteiger partial charge in [-0.05, 0) is 50.6 Å². The predicted molar refractivity (Wildman–Crippen MR) is 105 cm³/mol. The number of ether oxygens (including phenoxy) is 2. The van der Waals surface area contributed by atoms with Crippen molar-refractivity contribution >= 4 is 33.4 Å². The van der Waals surface area contributed by atoms with Gasteiger partial charge in [-0.25, -0.2) is 18.0 Å². The first-order valence-electron chi connectivity index (χ1n) is 8.68. The number of amides is 1. The zero-order valence-corrected chi connectivity index (χ0v) is 17.3. The normalized spacial score (nSPS) is 11.0. The molecule has 0 saturated heterocycles. The molecule has 29 heavy (non-hydrogen) atoms. The fourth-order valence-corrected chi connectivity index (χ4v) is 3.28. The van der Waals surface area contributed by atoms with Gasteiger partial charge < -0.3 is 19.8 Å². The molecule has 2 aromatic rings. The van der Waals surface area contributed by atoms with Crippen LogP contribution in [0.25, 0.3) is 0 Å². The number of carbonyl (C=O) groups is 3. The molecule has 0 unspecified atom stereocenters. The minimum atomic E-state index is -3.33. The molecule has 156 valence electrons. The number of nitrogens with one attached hydrogen (secondary N) is 2. The molecule has 0 bridgehead atoms. The van der Waals surface area contributed by atoms with Gasteiger partial charge in [0.15, 0.2) is 16.4 Å². The minimum absolute atomic E-state index is 0.0656. The first kappa shape index (κ1) is 22.2. The second-order valence-corrected chi connectivity index (χ2v) is 8.28. The van der Waals surface area contributed by atoms with E-state index in [0.717, 1.165) is 6.26 Å². The summed E-state index contributed by atoms with van der Waals surface area (Å²) in [7, 11) is -3.33. The van der Waals surface area contributed by atoms with E-state index in [1.165, 1.54) is 24.3 Å².